The second-order valence-corrected chi connectivity index (χ2v) is 7.01. The summed E-state index contributed by atoms with van der Waals surface area (Å²) in [5.41, 5.74) is 4.09. The Morgan fingerprint density at radius 3 is 2.48 bits per heavy atom. The number of hydrogen-bond acceptors (Lipinski definition) is 5. The molecule has 8 heteroatoms. The van der Waals surface area contributed by atoms with E-state index in [1.807, 2.05) is 31.2 Å². The lowest BCUT2D eigenvalue weighted by molar-refractivity contribution is -0.130. The molecule has 0 aromatic heterocycles. The van der Waals surface area contributed by atoms with Crippen molar-refractivity contribution in [2.75, 3.05) is 19.2 Å². The lowest BCUT2D eigenvalue weighted by atomic mass is 9.94. The van der Waals surface area contributed by atoms with Gasteiger partial charge in [0, 0.05) is 30.8 Å². The Bertz CT molecular complexity index is 1000. The number of ether oxygens (including phenoxy) is 2. The fourth-order valence-corrected chi connectivity index (χ4v) is 3.54. The summed E-state index contributed by atoms with van der Waals surface area (Å²) in [5.74, 6) is 1.25. The Balaban J connectivity index is 1.79. The molecule has 0 fully saturated rings. The van der Waals surface area contributed by atoms with E-state index in [4.69, 9.17) is 14.6 Å². The fourth-order valence-electron chi connectivity index (χ4n) is 3.54. The molecule has 2 aromatic carbocycles. The maximum Gasteiger partial charge on any atom is 0.318 e. The highest BCUT2D eigenvalue weighted by molar-refractivity contribution is 6.14. The van der Waals surface area contributed by atoms with Gasteiger partial charge in [-0.3, -0.25) is 4.79 Å². The third-order valence-electron chi connectivity index (χ3n) is 4.96. The molecule has 4 rings (SSSR count). The summed E-state index contributed by atoms with van der Waals surface area (Å²) >= 11 is 0. The number of hydrogen-bond donors (Lipinski definition) is 2. The van der Waals surface area contributed by atoms with Crippen LogP contribution in [0, 0.1) is 0 Å². The molecule has 2 heterocycles. The van der Waals surface area contributed by atoms with Crippen LogP contribution >= 0.6 is 0 Å². The van der Waals surface area contributed by atoms with E-state index in [2.05, 4.69) is 10.6 Å². The van der Waals surface area contributed by atoms with Crippen LogP contribution < -0.4 is 20.1 Å². The number of benzene rings is 2. The van der Waals surface area contributed by atoms with Crippen LogP contribution in [0.3, 0.4) is 0 Å². The van der Waals surface area contributed by atoms with E-state index in [1.165, 1.54) is 11.9 Å². The van der Waals surface area contributed by atoms with Gasteiger partial charge < -0.3 is 20.1 Å². The minimum atomic E-state index is -0.292. The van der Waals surface area contributed by atoms with E-state index in [1.54, 1.807) is 19.2 Å². The molecule has 0 aliphatic carbocycles. The average molecular weight is 394 g/mol. The highest BCUT2D eigenvalue weighted by Gasteiger charge is 2.28. The minimum absolute atomic E-state index is 0.0988. The highest BCUT2D eigenvalue weighted by Crippen LogP contribution is 2.37. The normalized spacial score (nSPS) is 17.1. The quantitative estimate of drug-likeness (QED) is 0.819. The highest BCUT2D eigenvalue weighted by atomic mass is 16.7. The van der Waals surface area contributed by atoms with Crippen molar-refractivity contribution in [1.29, 1.82) is 0 Å². The van der Waals surface area contributed by atoms with Gasteiger partial charge in [0.15, 0.2) is 11.5 Å². The molecule has 0 spiro atoms. The summed E-state index contributed by atoms with van der Waals surface area (Å²) in [6.07, 6.45) is 0.648. The number of amides is 3. The van der Waals surface area contributed by atoms with Crippen LogP contribution in [0.5, 0.6) is 11.5 Å². The average Bonchev–Trinajstić information content (AvgIpc) is 3.10. The number of nitrogens with one attached hydrogen (secondary N) is 2. The van der Waals surface area contributed by atoms with E-state index < -0.39 is 0 Å². The fraction of sp³-hybridized carbons (Fsp3) is 0.286. The number of carbonyl (C=O) groups excluding carboxylic acids is 2. The molecule has 2 aromatic rings. The van der Waals surface area contributed by atoms with Crippen LogP contribution in [0.25, 0.3) is 0 Å². The summed E-state index contributed by atoms with van der Waals surface area (Å²) in [6.45, 7) is 3.68. The zero-order valence-corrected chi connectivity index (χ0v) is 16.5. The van der Waals surface area contributed by atoms with Gasteiger partial charge >= 0.3 is 6.03 Å². The van der Waals surface area contributed by atoms with Crippen LogP contribution in [0.1, 0.15) is 30.5 Å². The van der Waals surface area contributed by atoms with Gasteiger partial charge in [0.05, 0.1) is 11.8 Å². The lowest BCUT2D eigenvalue weighted by Gasteiger charge is -2.21. The van der Waals surface area contributed by atoms with Crippen LogP contribution in [-0.4, -0.2) is 42.5 Å². The van der Waals surface area contributed by atoms with Crippen LogP contribution in [0.15, 0.2) is 41.5 Å². The SMILES string of the molecule is CNC(=O)Nc1ccc(C2=NN(C(C)=O)C(C)Cc3cc4c(cc32)OCO4)cc1. The first kappa shape index (κ1) is 18.8. The Morgan fingerprint density at radius 2 is 1.83 bits per heavy atom. The predicted molar refractivity (Wildman–Crippen MR) is 108 cm³/mol. The summed E-state index contributed by atoms with van der Waals surface area (Å²) in [7, 11) is 1.56. The molecule has 3 amide bonds. The maximum absolute atomic E-state index is 12.2. The first-order valence-electron chi connectivity index (χ1n) is 9.36. The molecule has 150 valence electrons. The largest absolute Gasteiger partial charge is 0.454 e. The molecule has 1 atom stereocenters. The van der Waals surface area contributed by atoms with E-state index >= 15 is 0 Å². The second kappa shape index (κ2) is 7.46. The van der Waals surface area contributed by atoms with Crippen LogP contribution in [-0.2, 0) is 11.2 Å². The zero-order valence-electron chi connectivity index (χ0n) is 16.5. The van der Waals surface area contributed by atoms with Crippen molar-refractivity contribution in [2.45, 2.75) is 26.3 Å². The van der Waals surface area contributed by atoms with E-state index in [9.17, 15) is 9.59 Å². The number of fused-ring (bicyclic) bond motifs is 2. The van der Waals surface area contributed by atoms with Crippen molar-refractivity contribution >= 4 is 23.3 Å². The van der Waals surface area contributed by atoms with E-state index in [0.717, 1.165) is 16.7 Å². The lowest BCUT2D eigenvalue weighted by Crippen LogP contribution is -2.33. The third kappa shape index (κ3) is 3.61. The topological polar surface area (TPSA) is 92.3 Å². The Hall–Kier alpha value is -3.55. The van der Waals surface area contributed by atoms with Crippen molar-refractivity contribution in [3.05, 3.63) is 53.1 Å². The standard InChI is InChI=1S/C21H22N4O4/c1-12-8-15-9-18-19(29-11-28-18)10-17(15)20(24-25(12)13(2)26)14-4-6-16(7-5-14)23-21(27)22-3/h4-7,9-10,12H,8,11H2,1-3H3,(H2,22,23,27). The molecule has 8 nitrogen and oxygen atoms in total. The molecular weight excluding hydrogens is 372 g/mol. The monoisotopic (exact) mass is 394 g/mol. The third-order valence-corrected chi connectivity index (χ3v) is 4.96. The van der Waals surface area contributed by atoms with Gasteiger partial charge in [-0.1, -0.05) is 12.1 Å². The van der Waals surface area contributed by atoms with E-state index in [-0.39, 0.29) is 24.8 Å². The summed E-state index contributed by atoms with van der Waals surface area (Å²) in [6, 6.07) is 10.8. The molecule has 0 bridgehead atoms. The molecule has 1 unspecified atom stereocenters. The Morgan fingerprint density at radius 1 is 1.14 bits per heavy atom. The minimum Gasteiger partial charge on any atom is -0.454 e. The summed E-state index contributed by atoms with van der Waals surface area (Å²) in [4.78, 5) is 23.7. The van der Waals surface area contributed by atoms with Crippen molar-refractivity contribution < 1.29 is 19.1 Å². The van der Waals surface area contributed by atoms with Crippen molar-refractivity contribution in [3.63, 3.8) is 0 Å². The van der Waals surface area contributed by atoms with Gasteiger partial charge in [-0.2, -0.15) is 5.10 Å². The first-order valence-corrected chi connectivity index (χ1v) is 9.36. The van der Waals surface area contributed by atoms with E-state index in [0.29, 0.717) is 29.3 Å². The Kier molecular flexibility index (Phi) is 4.84. The second-order valence-electron chi connectivity index (χ2n) is 7.01. The first-order chi connectivity index (χ1) is 14.0. The number of hydrazone groups is 1. The molecule has 0 radical (unpaired) electrons. The summed E-state index contributed by atoms with van der Waals surface area (Å²) in [5, 5.41) is 11.5. The number of carbonyl (C=O) groups is 2. The predicted octanol–water partition coefficient (Wildman–Crippen LogP) is 2.71. The molecular formula is C21H22N4O4. The zero-order chi connectivity index (χ0) is 20.5. The Labute approximate surface area is 168 Å². The molecule has 0 saturated carbocycles. The van der Waals surface area contributed by atoms with Crippen molar-refractivity contribution in [2.24, 2.45) is 5.10 Å². The van der Waals surface area contributed by atoms with Gasteiger partial charge in [-0.15, -0.1) is 0 Å². The van der Waals surface area contributed by atoms with Gasteiger partial charge in [-0.05, 0) is 43.2 Å². The van der Waals surface area contributed by atoms with Crippen molar-refractivity contribution in [1.82, 2.24) is 10.3 Å². The molecule has 2 aliphatic rings. The number of rotatable bonds is 2. The number of nitrogens with zero attached hydrogens (tertiary/aromatic N) is 2. The smallest absolute Gasteiger partial charge is 0.318 e. The maximum atomic E-state index is 12.2. The van der Waals surface area contributed by atoms with Crippen LogP contribution in [0.2, 0.25) is 0 Å². The summed E-state index contributed by atoms with van der Waals surface area (Å²) < 4.78 is 11.1. The van der Waals surface area contributed by atoms with Gasteiger partial charge in [0.2, 0.25) is 12.7 Å². The number of anilines is 1. The molecule has 29 heavy (non-hydrogen) atoms. The number of urea groups is 1. The van der Waals surface area contributed by atoms with Gasteiger partial charge in [0.25, 0.3) is 0 Å². The molecule has 2 aliphatic heterocycles. The van der Waals surface area contributed by atoms with Crippen LogP contribution in [0.4, 0.5) is 10.5 Å². The van der Waals surface area contributed by atoms with Crippen molar-refractivity contribution in [3.8, 4) is 11.5 Å². The molecule has 2 N–H and O–H groups in total. The van der Waals surface area contributed by atoms with Gasteiger partial charge in [0.1, 0.15) is 0 Å². The molecule has 0 saturated heterocycles. The van der Waals surface area contributed by atoms with Gasteiger partial charge in [-0.25, -0.2) is 9.80 Å².